The third-order valence-corrected chi connectivity index (χ3v) is 4.88. The Hall–Kier alpha value is -3.09. The number of hydrogen-bond acceptors (Lipinski definition) is 5. The Morgan fingerprint density at radius 3 is 2.52 bits per heavy atom. The Balaban J connectivity index is 1.30. The highest BCUT2D eigenvalue weighted by Gasteiger charge is 2.34. The first kappa shape index (κ1) is 17.3. The second-order valence-corrected chi connectivity index (χ2v) is 6.67. The van der Waals surface area contributed by atoms with E-state index in [0.29, 0.717) is 43.2 Å². The lowest BCUT2D eigenvalue weighted by molar-refractivity contribution is -0.143. The van der Waals surface area contributed by atoms with E-state index in [4.69, 9.17) is 9.47 Å². The number of amides is 2. The van der Waals surface area contributed by atoms with Crippen LogP contribution in [0.5, 0.6) is 11.5 Å². The van der Waals surface area contributed by atoms with E-state index in [2.05, 4.69) is 10.3 Å². The number of aromatic nitrogens is 1. The summed E-state index contributed by atoms with van der Waals surface area (Å²) >= 11 is 0. The van der Waals surface area contributed by atoms with E-state index in [1.807, 2.05) is 24.3 Å². The zero-order valence-electron chi connectivity index (χ0n) is 14.8. The molecule has 140 valence electrons. The van der Waals surface area contributed by atoms with Crippen LogP contribution in [0.15, 0.2) is 48.7 Å². The SMILES string of the molecule is O=C(Nc1ccccn1)C1CCN(C(=O)[C@@H]2COc3ccccc3O2)CC1. The molecule has 27 heavy (non-hydrogen) atoms. The summed E-state index contributed by atoms with van der Waals surface area (Å²) < 4.78 is 11.4. The van der Waals surface area contributed by atoms with Gasteiger partial charge in [-0.15, -0.1) is 0 Å². The quantitative estimate of drug-likeness (QED) is 0.899. The lowest BCUT2D eigenvalue weighted by Gasteiger charge is -2.35. The number of ether oxygens (including phenoxy) is 2. The van der Waals surface area contributed by atoms with Crippen molar-refractivity contribution in [3.63, 3.8) is 0 Å². The monoisotopic (exact) mass is 367 g/mol. The number of carbonyl (C=O) groups is 2. The first-order valence-electron chi connectivity index (χ1n) is 9.10. The fraction of sp³-hybridized carbons (Fsp3) is 0.350. The Morgan fingerprint density at radius 1 is 1.04 bits per heavy atom. The van der Waals surface area contributed by atoms with Gasteiger partial charge in [-0.1, -0.05) is 18.2 Å². The minimum atomic E-state index is -0.640. The minimum absolute atomic E-state index is 0.0491. The van der Waals surface area contributed by atoms with Crippen LogP contribution in [-0.4, -0.2) is 47.5 Å². The van der Waals surface area contributed by atoms with Crippen molar-refractivity contribution in [3.8, 4) is 11.5 Å². The molecule has 2 aromatic rings. The van der Waals surface area contributed by atoms with Gasteiger partial charge in [-0.3, -0.25) is 9.59 Å². The van der Waals surface area contributed by atoms with Crippen LogP contribution in [0.2, 0.25) is 0 Å². The average molecular weight is 367 g/mol. The molecule has 1 aromatic carbocycles. The smallest absolute Gasteiger partial charge is 0.267 e. The fourth-order valence-electron chi connectivity index (χ4n) is 3.37. The summed E-state index contributed by atoms with van der Waals surface area (Å²) in [4.78, 5) is 31.0. The zero-order valence-corrected chi connectivity index (χ0v) is 14.8. The molecule has 4 rings (SSSR count). The van der Waals surface area contributed by atoms with Crippen LogP contribution in [0, 0.1) is 5.92 Å². The van der Waals surface area contributed by atoms with Gasteiger partial charge in [0.25, 0.3) is 5.91 Å². The van der Waals surface area contributed by atoms with Crippen molar-refractivity contribution in [2.75, 3.05) is 25.0 Å². The highest BCUT2D eigenvalue weighted by atomic mass is 16.6. The van der Waals surface area contributed by atoms with Crippen LogP contribution in [0.3, 0.4) is 0 Å². The van der Waals surface area contributed by atoms with Crippen molar-refractivity contribution < 1.29 is 19.1 Å². The predicted molar refractivity (Wildman–Crippen MR) is 98.5 cm³/mol. The third kappa shape index (κ3) is 3.86. The number of carbonyl (C=O) groups excluding carboxylic acids is 2. The molecular weight excluding hydrogens is 346 g/mol. The van der Waals surface area contributed by atoms with Crippen LogP contribution in [0.4, 0.5) is 5.82 Å². The standard InChI is InChI=1S/C20H21N3O4/c24-19(22-18-7-3-4-10-21-18)14-8-11-23(12-9-14)20(25)17-13-26-15-5-1-2-6-16(15)27-17/h1-7,10,14,17H,8-9,11-13H2,(H,21,22,24)/t17-/m0/s1. The maximum Gasteiger partial charge on any atom is 0.267 e. The van der Waals surface area contributed by atoms with Crippen LogP contribution < -0.4 is 14.8 Å². The molecule has 7 nitrogen and oxygen atoms in total. The normalized spacial score (nSPS) is 19.4. The molecule has 0 radical (unpaired) electrons. The molecule has 2 amide bonds. The maximum absolute atomic E-state index is 12.7. The summed E-state index contributed by atoms with van der Waals surface area (Å²) in [5.41, 5.74) is 0. The van der Waals surface area contributed by atoms with E-state index >= 15 is 0 Å². The topological polar surface area (TPSA) is 80.8 Å². The number of nitrogens with one attached hydrogen (secondary N) is 1. The first-order chi connectivity index (χ1) is 13.2. The number of hydrogen-bond donors (Lipinski definition) is 1. The number of likely N-dealkylation sites (tertiary alicyclic amines) is 1. The second kappa shape index (κ2) is 7.65. The molecular formula is C20H21N3O4. The van der Waals surface area contributed by atoms with Crippen LogP contribution in [0.25, 0.3) is 0 Å². The van der Waals surface area contributed by atoms with E-state index < -0.39 is 6.10 Å². The van der Waals surface area contributed by atoms with Gasteiger partial charge in [0.1, 0.15) is 12.4 Å². The molecule has 0 bridgehead atoms. The molecule has 0 aliphatic carbocycles. The summed E-state index contributed by atoms with van der Waals surface area (Å²) in [7, 11) is 0. The number of fused-ring (bicyclic) bond motifs is 1. The largest absolute Gasteiger partial charge is 0.485 e. The van der Waals surface area contributed by atoms with Crippen LogP contribution in [-0.2, 0) is 9.59 Å². The van der Waals surface area contributed by atoms with E-state index in [-0.39, 0.29) is 24.3 Å². The van der Waals surface area contributed by atoms with Gasteiger partial charge in [0.2, 0.25) is 12.0 Å². The van der Waals surface area contributed by atoms with Gasteiger partial charge in [-0.05, 0) is 37.1 Å². The molecule has 0 saturated carbocycles. The summed E-state index contributed by atoms with van der Waals surface area (Å²) in [6.45, 7) is 1.26. The van der Waals surface area contributed by atoms with E-state index in [1.165, 1.54) is 0 Å². The third-order valence-electron chi connectivity index (χ3n) is 4.88. The minimum Gasteiger partial charge on any atom is -0.485 e. The van der Waals surface area contributed by atoms with Crippen molar-refractivity contribution in [3.05, 3.63) is 48.7 Å². The molecule has 2 aliphatic rings. The molecule has 2 aliphatic heterocycles. The summed E-state index contributed by atoms with van der Waals surface area (Å²) in [6, 6.07) is 12.7. The molecule has 3 heterocycles. The van der Waals surface area contributed by atoms with Crippen molar-refractivity contribution >= 4 is 17.6 Å². The lowest BCUT2D eigenvalue weighted by atomic mass is 9.95. The van der Waals surface area contributed by atoms with Crippen molar-refractivity contribution in [2.45, 2.75) is 18.9 Å². The highest BCUT2D eigenvalue weighted by molar-refractivity contribution is 5.92. The zero-order chi connectivity index (χ0) is 18.6. The molecule has 1 aromatic heterocycles. The molecule has 0 unspecified atom stereocenters. The number of pyridine rings is 1. The number of benzene rings is 1. The molecule has 1 saturated heterocycles. The van der Waals surface area contributed by atoms with Crippen molar-refractivity contribution in [1.82, 2.24) is 9.88 Å². The summed E-state index contributed by atoms with van der Waals surface area (Å²) in [5.74, 6) is 1.53. The second-order valence-electron chi connectivity index (χ2n) is 6.67. The van der Waals surface area contributed by atoms with Gasteiger partial charge >= 0.3 is 0 Å². The number of piperidine rings is 1. The molecule has 7 heteroatoms. The van der Waals surface area contributed by atoms with E-state index in [9.17, 15) is 9.59 Å². The van der Waals surface area contributed by atoms with Gasteiger partial charge in [0.05, 0.1) is 0 Å². The average Bonchev–Trinajstić information content (AvgIpc) is 2.73. The molecule has 1 atom stereocenters. The van der Waals surface area contributed by atoms with Gasteiger partial charge in [-0.2, -0.15) is 0 Å². The van der Waals surface area contributed by atoms with Gasteiger partial charge in [0.15, 0.2) is 11.5 Å². The van der Waals surface area contributed by atoms with Gasteiger partial charge in [0, 0.05) is 25.2 Å². The lowest BCUT2D eigenvalue weighted by Crippen LogP contribution is -2.50. The highest BCUT2D eigenvalue weighted by Crippen LogP contribution is 2.31. The Kier molecular flexibility index (Phi) is 4.91. The number of rotatable bonds is 3. The van der Waals surface area contributed by atoms with E-state index in [1.54, 1.807) is 29.3 Å². The molecule has 1 N–H and O–H groups in total. The van der Waals surface area contributed by atoms with Gasteiger partial charge < -0.3 is 19.7 Å². The maximum atomic E-state index is 12.7. The Bertz CT molecular complexity index is 819. The van der Waals surface area contributed by atoms with Crippen LogP contribution >= 0.6 is 0 Å². The first-order valence-corrected chi connectivity index (χ1v) is 9.10. The fourth-order valence-corrected chi connectivity index (χ4v) is 3.37. The predicted octanol–water partition coefficient (Wildman–Crippen LogP) is 2.10. The van der Waals surface area contributed by atoms with Crippen molar-refractivity contribution in [1.29, 1.82) is 0 Å². The van der Waals surface area contributed by atoms with Gasteiger partial charge in [-0.25, -0.2) is 4.98 Å². The Labute approximate surface area is 157 Å². The van der Waals surface area contributed by atoms with Crippen LogP contribution in [0.1, 0.15) is 12.8 Å². The molecule has 0 spiro atoms. The summed E-state index contributed by atoms with van der Waals surface area (Å²) in [5, 5.41) is 2.83. The van der Waals surface area contributed by atoms with Crippen molar-refractivity contribution in [2.24, 2.45) is 5.92 Å². The van der Waals surface area contributed by atoms with E-state index in [0.717, 1.165) is 0 Å². The number of para-hydroxylation sites is 2. The Morgan fingerprint density at radius 2 is 1.78 bits per heavy atom. The molecule has 1 fully saturated rings. The summed E-state index contributed by atoms with van der Waals surface area (Å²) in [6.07, 6.45) is 2.24. The number of anilines is 1. The number of nitrogens with zero attached hydrogens (tertiary/aromatic N) is 2.